The molecule has 1 aromatic heterocycles. The molecule has 1 saturated carbocycles. The average Bonchev–Trinajstić information content (AvgIpc) is 2.92. The number of likely N-dealkylation sites (N-methyl/N-ethyl adjacent to an activating group) is 1. The summed E-state index contributed by atoms with van der Waals surface area (Å²) in [6.45, 7) is 3.30. The average molecular weight is 372 g/mol. The highest BCUT2D eigenvalue weighted by atomic mass is 32.2. The minimum Gasteiger partial charge on any atom is -0.468 e. The third-order valence-electron chi connectivity index (χ3n) is 4.65. The van der Waals surface area contributed by atoms with E-state index < -0.39 is 9.84 Å². The third kappa shape index (κ3) is 5.28. The van der Waals surface area contributed by atoms with Crippen LogP contribution in [0.25, 0.3) is 0 Å². The molecular weight excluding hydrogens is 342 g/mol. The van der Waals surface area contributed by atoms with E-state index in [1.54, 1.807) is 18.1 Å². The number of carbonyl (C=O) groups excluding carboxylic acids is 1. The SMILES string of the molecule is CCCCn1c(CN(C)CC(=O)OC)cnc1S(=O)(=O)CC1CCC1. The van der Waals surface area contributed by atoms with Crippen LogP contribution in [0.1, 0.15) is 44.7 Å². The van der Waals surface area contributed by atoms with Crippen molar-refractivity contribution in [2.24, 2.45) is 5.92 Å². The number of hydrogen-bond donors (Lipinski definition) is 0. The molecule has 25 heavy (non-hydrogen) atoms. The van der Waals surface area contributed by atoms with Gasteiger partial charge < -0.3 is 9.30 Å². The summed E-state index contributed by atoms with van der Waals surface area (Å²) in [6, 6.07) is 0. The summed E-state index contributed by atoms with van der Waals surface area (Å²) >= 11 is 0. The van der Waals surface area contributed by atoms with E-state index in [1.165, 1.54) is 7.11 Å². The number of nitrogens with zero attached hydrogens (tertiary/aromatic N) is 3. The van der Waals surface area contributed by atoms with Crippen molar-refractivity contribution in [3.8, 4) is 0 Å². The van der Waals surface area contributed by atoms with Crippen molar-refractivity contribution in [2.45, 2.75) is 57.3 Å². The molecule has 1 heterocycles. The van der Waals surface area contributed by atoms with Crippen LogP contribution in [0.2, 0.25) is 0 Å². The molecule has 0 amide bonds. The molecule has 1 aliphatic rings. The smallest absolute Gasteiger partial charge is 0.319 e. The van der Waals surface area contributed by atoms with Crippen molar-refractivity contribution in [2.75, 3.05) is 26.5 Å². The first-order valence-corrected chi connectivity index (χ1v) is 10.5. The Bertz CT molecular complexity index is 680. The van der Waals surface area contributed by atoms with E-state index >= 15 is 0 Å². The lowest BCUT2D eigenvalue weighted by atomic mass is 9.87. The molecule has 0 bridgehead atoms. The first-order chi connectivity index (χ1) is 11.9. The van der Waals surface area contributed by atoms with Crippen molar-refractivity contribution in [1.82, 2.24) is 14.5 Å². The Morgan fingerprint density at radius 1 is 1.44 bits per heavy atom. The molecule has 0 aliphatic heterocycles. The Kier molecular flexibility index (Phi) is 7.01. The van der Waals surface area contributed by atoms with Crippen LogP contribution in [0, 0.1) is 5.92 Å². The molecular formula is C17H29N3O4S. The van der Waals surface area contributed by atoms with Gasteiger partial charge in [0.1, 0.15) is 0 Å². The summed E-state index contributed by atoms with van der Waals surface area (Å²) < 4.78 is 32.0. The summed E-state index contributed by atoms with van der Waals surface area (Å²) in [6.07, 6.45) is 6.58. The highest BCUT2D eigenvalue weighted by molar-refractivity contribution is 7.91. The molecule has 0 unspecified atom stereocenters. The van der Waals surface area contributed by atoms with Gasteiger partial charge in [-0.25, -0.2) is 13.4 Å². The maximum atomic E-state index is 12.8. The van der Waals surface area contributed by atoms with E-state index in [4.69, 9.17) is 0 Å². The van der Waals surface area contributed by atoms with Gasteiger partial charge in [0.2, 0.25) is 15.0 Å². The van der Waals surface area contributed by atoms with Crippen molar-refractivity contribution < 1.29 is 17.9 Å². The molecule has 0 aromatic carbocycles. The van der Waals surface area contributed by atoms with Gasteiger partial charge in [0.25, 0.3) is 0 Å². The topological polar surface area (TPSA) is 81.5 Å². The van der Waals surface area contributed by atoms with E-state index in [0.29, 0.717) is 13.1 Å². The Labute approximate surface area is 150 Å². The van der Waals surface area contributed by atoms with Gasteiger partial charge in [0.15, 0.2) is 0 Å². The fraction of sp³-hybridized carbons (Fsp3) is 0.765. The Hall–Kier alpha value is -1.41. The van der Waals surface area contributed by atoms with Crippen LogP contribution in [0.3, 0.4) is 0 Å². The Balaban J connectivity index is 2.19. The van der Waals surface area contributed by atoms with Crippen LogP contribution < -0.4 is 0 Å². The van der Waals surface area contributed by atoms with Gasteiger partial charge in [-0.3, -0.25) is 9.69 Å². The van der Waals surface area contributed by atoms with Gasteiger partial charge in [0, 0.05) is 13.1 Å². The lowest BCUT2D eigenvalue weighted by Gasteiger charge is -2.25. The van der Waals surface area contributed by atoms with Gasteiger partial charge in [-0.1, -0.05) is 19.8 Å². The standard InChI is InChI=1S/C17H29N3O4S/c1-4-5-9-20-15(11-19(2)12-16(21)24-3)10-18-17(20)25(22,23)13-14-7-6-8-14/h10,14H,4-9,11-13H2,1-3H3. The van der Waals surface area contributed by atoms with Crippen LogP contribution >= 0.6 is 0 Å². The molecule has 1 aliphatic carbocycles. The molecule has 1 fully saturated rings. The van der Waals surface area contributed by atoms with Crippen molar-refractivity contribution >= 4 is 15.8 Å². The van der Waals surface area contributed by atoms with E-state index in [0.717, 1.165) is 37.8 Å². The second-order valence-corrected chi connectivity index (χ2v) is 8.79. The monoisotopic (exact) mass is 371 g/mol. The first-order valence-electron chi connectivity index (χ1n) is 8.90. The van der Waals surface area contributed by atoms with Gasteiger partial charge in [-0.2, -0.15) is 0 Å². The second kappa shape index (κ2) is 8.80. The van der Waals surface area contributed by atoms with E-state index in [1.807, 2.05) is 4.57 Å². The molecule has 0 N–H and O–H groups in total. The van der Waals surface area contributed by atoms with Crippen LogP contribution in [0.4, 0.5) is 0 Å². The Morgan fingerprint density at radius 3 is 2.72 bits per heavy atom. The van der Waals surface area contributed by atoms with Gasteiger partial charge >= 0.3 is 5.97 Å². The summed E-state index contributed by atoms with van der Waals surface area (Å²) in [4.78, 5) is 17.4. The van der Waals surface area contributed by atoms with Gasteiger partial charge in [0.05, 0.1) is 31.3 Å². The summed E-state index contributed by atoms with van der Waals surface area (Å²) in [7, 11) is -0.226. The number of ether oxygens (including phenoxy) is 1. The zero-order chi connectivity index (χ0) is 18.4. The van der Waals surface area contributed by atoms with Crippen LogP contribution in [0.15, 0.2) is 11.4 Å². The first kappa shape index (κ1) is 19.9. The predicted molar refractivity (Wildman–Crippen MR) is 94.9 cm³/mol. The number of unbranched alkanes of at least 4 members (excludes halogenated alkanes) is 1. The molecule has 8 heteroatoms. The largest absolute Gasteiger partial charge is 0.468 e. The van der Waals surface area contributed by atoms with Crippen LogP contribution in [-0.4, -0.2) is 55.3 Å². The number of hydrogen-bond acceptors (Lipinski definition) is 6. The van der Waals surface area contributed by atoms with Crippen molar-refractivity contribution in [3.63, 3.8) is 0 Å². The fourth-order valence-corrected chi connectivity index (χ4v) is 4.84. The minimum atomic E-state index is -3.38. The van der Waals surface area contributed by atoms with E-state index in [-0.39, 0.29) is 29.3 Å². The molecule has 7 nitrogen and oxygen atoms in total. The minimum absolute atomic E-state index is 0.152. The molecule has 0 saturated heterocycles. The fourth-order valence-electron chi connectivity index (χ4n) is 2.98. The quantitative estimate of drug-likeness (QED) is 0.584. The number of methoxy groups -OCH3 is 1. The maximum absolute atomic E-state index is 12.8. The molecule has 0 radical (unpaired) electrons. The highest BCUT2D eigenvalue weighted by Crippen LogP contribution is 2.29. The lowest BCUT2D eigenvalue weighted by Crippen LogP contribution is -2.28. The summed E-state index contributed by atoms with van der Waals surface area (Å²) in [5.74, 6) is 0.139. The molecule has 0 spiro atoms. The third-order valence-corrected chi connectivity index (χ3v) is 6.45. The summed E-state index contributed by atoms with van der Waals surface area (Å²) in [5, 5.41) is 0.175. The maximum Gasteiger partial charge on any atom is 0.319 e. The van der Waals surface area contributed by atoms with Crippen LogP contribution in [0.5, 0.6) is 0 Å². The zero-order valence-corrected chi connectivity index (χ0v) is 16.2. The molecule has 0 atom stereocenters. The highest BCUT2D eigenvalue weighted by Gasteiger charge is 2.30. The number of imidazole rings is 1. The normalized spacial score (nSPS) is 15.4. The van der Waals surface area contributed by atoms with E-state index in [9.17, 15) is 13.2 Å². The summed E-state index contributed by atoms with van der Waals surface area (Å²) in [5.41, 5.74) is 0.812. The molecule has 1 aromatic rings. The van der Waals surface area contributed by atoms with Gasteiger partial charge in [-0.05, 0) is 32.2 Å². The number of esters is 1. The zero-order valence-electron chi connectivity index (χ0n) is 15.4. The van der Waals surface area contributed by atoms with Gasteiger partial charge in [-0.15, -0.1) is 0 Å². The Morgan fingerprint density at radius 2 is 2.16 bits per heavy atom. The van der Waals surface area contributed by atoms with Crippen molar-refractivity contribution in [1.29, 1.82) is 0 Å². The van der Waals surface area contributed by atoms with Crippen molar-refractivity contribution in [3.05, 3.63) is 11.9 Å². The number of carbonyl (C=O) groups is 1. The van der Waals surface area contributed by atoms with Crippen LogP contribution in [-0.2, 0) is 32.5 Å². The number of aromatic nitrogens is 2. The van der Waals surface area contributed by atoms with E-state index in [2.05, 4.69) is 16.6 Å². The lowest BCUT2D eigenvalue weighted by molar-refractivity contribution is -0.141. The predicted octanol–water partition coefficient (Wildman–Crippen LogP) is 1.86. The number of rotatable bonds is 10. The molecule has 142 valence electrons. The molecule has 2 rings (SSSR count). The second-order valence-electron chi connectivity index (χ2n) is 6.86. The number of sulfone groups is 1.